The number of fused-ring (bicyclic) bond motifs is 1. The smallest absolute Gasteiger partial charge is 0.250 e. The normalized spacial score (nSPS) is 10.3. The number of hydrogen-bond donors (Lipinski definition) is 1. The van der Waals surface area contributed by atoms with Gasteiger partial charge < -0.3 is 10.1 Å². The second kappa shape index (κ2) is 4.72. The third kappa shape index (κ3) is 2.17. The zero-order valence-electron chi connectivity index (χ0n) is 8.93. The fourth-order valence-corrected chi connectivity index (χ4v) is 1.53. The van der Waals surface area contributed by atoms with Crippen molar-refractivity contribution in [3.8, 4) is 0 Å². The van der Waals surface area contributed by atoms with E-state index in [4.69, 9.17) is 4.74 Å². The van der Waals surface area contributed by atoms with Crippen molar-refractivity contribution in [3.05, 3.63) is 36.5 Å². The van der Waals surface area contributed by atoms with Crippen LogP contribution in [0.1, 0.15) is 0 Å². The Kier molecular flexibility index (Phi) is 3.12. The molecule has 2 rings (SSSR count). The van der Waals surface area contributed by atoms with Crippen LogP contribution >= 0.6 is 0 Å². The molecule has 0 saturated carbocycles. The molecule has 0 spiro atoms. The predicted molar refractivity (Wildman–Crippen MR) is 62.2 cm³/mol. The quantitative estimate of drug-likeness (QED) is 0.851. The Morgan fingerprint density at radius 2 is 2.25 bits per heavy atom. The van der Waals surface area contributed by atoms with Gasteiger partial charge in [-0.2, -0.15) is 0 Å². The number of anilines is 1. The Bertz CT molecular complexity index is 506. The largest absolute Gasteiger partial charge is 0.375 e. The molecule has 2 aromatic rings. The molecule has 82 valence electrons. The van der Waals surface area contributed by atoms with Gasteiger partial charge in [0.1, 0.15) is 6.61 Å². The summed E-state index contributed by atoms with van der Waals surface area (Å²) in [5.41, 5.74) is 1.62. The summed E-state index contributed by atoms with van der Waals surface area (Å²) < 4.78 is 4.76. The Morgan fingerprint density at radius 1 is 1.38 bits per heavy atom. The SMILES string of the molecule is COCC(=O)Nc1cccc2ncccc12. The number of carbonyl (C=O) groups is 1. The molecule has 1 heterocycles. The van der Waals surface area contributed by atoms with Gasteiger partial charge in [-0.25, -0.2) is 0 Å². The van der Waals surface area contributed by atoms with Gasteiger partial charge in [0.05, 0.1) is 11.2 Å². The summed E-state index contributed by atoms with van der Waals surface area (Å²) in [4.78, 5) is 15.6. The first-order valence-electron chi connectivity index (χ1n) is 4.94. The second-order valence-electron chi connectivity index (χ2n) is 3.36. The highest BCUT2D eigenvalue weighted by atomic mass is 16.5. The first-order chi connectivity index (χ1) is 7.81. The van der Waals surface area contributed by atoms with E-state index in [0.29, 0.717) is 0 Å². The third-order valence-electron chi connectivity index (χ3n) is 2.20. The molecule has 1 N–H and O–H groups in total. The van der Waals surface area contributed by atoms with Gasteiger partial charge in [0.15, 0.2) is 0 Å². The lowest BCUT2D eigenvalue weighted by Gasteiger charge is -2.07. The summed E-state index contributed by atoms with van der Waals surface area (Å²) in [6, 6.07) is 9.37. The molecule has 0 radical (unpaired) electrons. The predicted octanol–water partition coefficient (Wildman–Crippen LogP) is 1.82. The minimum Gasteiger partial charge on any atom is -0.375 e. The van der Waals surface area contributed by atoms with Crippen molar-refractivity contribution in [3.63, 3.8) is 0 Å². The van der Waals surface area contributed by atoms with Crippen LogP contribution in [-0.4, -0.2) is 24.6 Å². The first-order valence-corrected chi connectivity index (χ1v) is 4.94. The molecule has 1 aromatic heterocycles. The van der Waals surface area contributed by atoms with Crippen molar-refractivity contribution < 1.29 is 9.53 Å². The highest BCUT2D eigenvalue weighted by Crippen LogP contribution is 2.20. The average Bonchev–Trinajstić information content (AvgIpc) is 2.30. The van der Waals surface area contributed by atoms with E-state index in [1.807, 2.05) is 30.3 Å². The number of rotatable bonds is 3. The van der Waals surface area contributed by atoms with Crippen LogP contribution in [0.2, 0.25) is 0 Å². The van der Waals surface area contributed by atoms with E-state index >= 15 is 0 Å². The molecule has 0 atom stereocenters. The number of amides is 1. The first kappa shape index (κ1) is 10.6. The van der Waals surface area contributed by atoms with Crippen LogP contribution < -0.4 is 5.32 Å². The van der Waals surface area contributed by atoms with Crippen LogP contribution in [0.3, 0.4) is 0 Å². The molecule has 16 heavy (non-hydrogen) atoms. The maximum Gasteiger partial charge on any atom is 0.250 e. The molecular formula is C12H12N2O2. The van der Waals surface area contributed by atoms with Crippen molar-refractivity contribution >= 4 is 22.5 Å². The van der Waals surface area contributed by atoms with Gasteiger partial charge in [0.2, 0.25) is 5.91 Å². The summed E-state index contributed by atoms with van der Waals surface area (Å²) in [6.45, 7) is 0.0522. The Hall–Kier alpha value is -1.94. The molecule has 4 heteroatoms. The lowest BCUT2D eigenvalue weighted by molar-refractivity contribution is -0.119. The van der Waals surface area contributed by atoms with E-state index in [2.05, 4.69) is 10.3 Å². The molecule has 0 aliphatic carbocycles. The number of aromatic nitrogens is 1. The highest BCUT2D eigenvalue weighted by molar-refractivity contribution is 6.01. The second-order valence-corrected chi connectivity index (χ2v) is 3.36. The summed E-state index contributed by atoms with van der Waals surface area (Å²) in [5, 5.41) is 3.71. The molecule has 4 nitrogen and oxygen atoms in total. The van der Waals surface area contributed by atoms with E-state index < -0.39 is 0 Å². The standard InChI is InChI=1S/C12H12N2O2/c1-16-8-12(15)14-11-6-2-5-10-9(11)4-3-7-13-10/h2-7H,8H2,1H3,(H,14,15). The van der Waals surface area contributed by atoms with Crippen LogP contribution in [0.15, 0.2) is 36.5 Å². The summed E-state index contributed by atoms with van der Waals surface area (Å²) in [5.74, 6) is -0.168. The maximum atomic E-state index is 11.4. The molecule has 1 aromatic carbocycles. The number of pyridine rings is 1. The number of hydrogen-bond acceptors (Lipinski definition) is 3. The lowest BCUT2D eigenvalue weighted by Crippen LogP contribution is -2.17. The summed E-state index contributed by atoms with van der Waals surface area (Å²) in [7, 11) is 1.49. The molecule has 0 unspecified atom stereocenters. The Morgan fingerprint density at radius 3 is 3.06 bits per heavy atom. The van der Waals surface area contributed by atoms with Crippen molar-refractivity contribution in [1.82, 2.24) is 4.98 Å². The number of methoxy groups -OCH3 is 1. The number of carbonyl (C=O) groups excluding carboxylic acids is 1. The topological polar surface area (TPSA) is 51.2 Å². The van der Waals surface area contributed by atoms with Crippen molar-refractivity contribution in [1.29, 1.82) is 0 Å². The molecule has 0 saturated heterocycles. The zero-order valence-corrected chi connectivity index (χ0v) is 8.93. The minimum absolute atomic E-state index is 0.0522. The molecule has 0 aliphatic heterocycles. The van der Waals surface area contributed by atoms with Crippen molar-refractivity contribution in [2.45, 2.75) is 0 Å². The fourth-order valence-electron chi connectivity index (χ4n) is 1.53. The van der Waals surface area contributed by atoms with E-state index in [1.54, 1.807) is 6.20 Å². The van der Waals surface area contributed by atoms with Gasteiger partial charge in [0, 0.05) is 18.7 Å². The third-order valence-corrected chi connectivity index (χ3v) is 2.20. The van der Waals surface area contributed by atoms with Gasteiger partial charge >= 0.3 is 0 Å². The monoisotopic (exact) mass is 216 g/mol. The van der Waals surface area contributed by atoms with E-state index in [9.17, 15) is 4.79 Å². The van der Waals surface area contributed by atoms with E-state index in [1.165, 1.54) is 7.11 Å². The van der Waals surface area contributed by atoms with Crippen LogP contribution in [0.5, 0.6) is 0 Å². The maximum absolute atomic E-state index is 11.4. The molecule has 1 amide bonds. The zero-order chi connectivity index (χ0) is 11.4. The Balaban J connectivity index is 2.33. The lowest BCUT2D eigenvalue weighted by atomic mass is 10.2. The van der Waals surface area contributed by atoms with Gasteiger partial charge in [-0.05, 0) is 24.3 Å². The molecule has 0 aliphatic rings. The van der Waals surface area contributed by atoms with Crippen molar-refractivity contribution in [2.24, 2.45) is 0 Å². The fraction of sp³-hybridized carbons (Fsp3) is 0.167. The molecule has 0 bridgehead atoms. The number of ether oxygens (including phenoxy) is 1. The van der Waals surface area contributed by atoms with E-state index in [-0.39, 0.29) is 12.5 Å². The minimum atomic E-state index is -0.168. The molecular weight excluding hydrogens is 204 g/mol. The number of nitrogens with zero attached hydrogens (tertiary/aromatic N) is 1. The van der Waals surface area contributed by atoms with Crippen LogP contribution in [0.4, 0.5) is 5.69 Å². The van der Waals surface area contributed by atoms with Crippen molar-refractivity contribution in [2.75, 3.05) is 19.0 Å². The van der Waals surface area contributed by atoms with E-state index in [0.717, 1.165) is 16.6 Å². The summed E-state index contributed by atoms with van der Waals surface area (Å²) >= 11 is 0. The number of nitrogens with one attached hydrogen (secondary N) is 1. The van der Waals surface area contributed by atoms with Gasteiger partial charge in [-0.3, -0.25) is 9.78 Å². The van der Waals surface area contributed by atoms with Gasteiger partial charge in [-0.1, -0.05) is 6.07 Å². The molecule has 0 fully saturated rings. The average molecular weight is 216 g/mol. The van der Waals surface area contributed by atoms with Gasteiger partial charge in [0.25, 0.3) is 0 Å². The Labute approximate surface area is 93.3 Å². The highest BCUT2D eigenvalue weighted by Gasteiger charge is 2.04. The van der Waals surface area contributed by atoms with Crippen LogP contribution in [-0.2, 0) is 9.53 Å². The van der Waals surface area contributed by atoms with Crippen LogP contribution in [0, 0.1) is 0 Å². The van der Waals surface area contributed by atoms with Gasteiger partial charge in [-0.15, -0.1) is 0 Å². The summed E-state index contributed by atoms with van der Waals surface area (Å²) in [6.07, 6.45) is 1.73. The number of benzene rings is 1. The van der Waals surface area contributed by atoms with Crippen LogP contribution in [0.25, 0.3) is 10.9 Å².